The molecular formula is C31H57NO6P+. The van der Waals surface area contributed by atoms with Crippen LogP contribution in [0.4, 0.5) is 0 Å². The number of carbonyl (C=O) groups excluding carboxylic acids is 1. The number of rotatable bonds is 26. The van der Waals surface area contributed by atoms with E-state index >= 15 is 0 Å². The van der Waals surface area contributed by atoms with Gasteiger partial charge in [-0.05, 0) is 49.3 Å². The average Bonchev–Trinajstić information content (AvgIpc) is 2.90. The maximum Gasteiger partial charge on any atom is 0.472 e. The third-order valence-corrected chi connectivity index (χ3v) is 7.91. The first-order valence-corrected chi connectivity index (χ1v) is 16.9. The van der Waals surface area contributed by atoms with Gasteiger partial charge in [0.25, 0.3) is 0 Å². The minimum atomic E-state index is -4.14. The Morgan fingerprint density at radius 1 is 0.846 bits per heavy atom. The highest BCUT2D eigenvalue weighted by atomic mass is 31.2. The van der Waals surface area contributed by atoms with E-state index < -0.39 is 7.82 Å². The number of Topliss-reactive ketones (excluding diaryl/α,β-unsaturated/α-hetero) is 1. The van der Waals surface area contributed by atoms with Gasteiger partial charge in [0.15, 0.2) is 0 Å². The lowest BCUT2D eigenvalue weighted by atomic mass is 9.94. The molecule has 39 heavy (non-hydrogen) atoms. The summed E-state index contributed by atoms with van der Waals surface area (Å²) in [6.07, 6.45) is 15.9. The molecule has 2 N–H and O–H groups in total. The predicted molar refractivity (Wildman–Crippen MR) is 160 cm³/mol. The molecule has 0 heterocycles. The maximum absolute atomic E-state index is 12.3. The molecule has 0 aliphatic heterocycles. The third kappa shape index (κ3) is 20.3. The van der Waals surface area contributed by atoms with Crippen molar-refractivity contribution >= 4 is 13.6 Å². The number of unbranched alkanes of at least 4 members (excludes halogenated alkanes) is 10. The molecule has 0 aliphatic rings. The SMILES string of the molecule is CCCCCCCCCCCCOc1ccc(CC(COP(=O)(O)OCCCC[NH+](C)C)CC(=O)CC)cc1. The van der Waals surface area contributed by atoms with Gasteiger partial charge < -0.3 is 14.5 Å². The monoisotopic (exact) mass is 570 g/mol. The number of quaternary nitrogens is 1. The van der Waals surface area contributed by atoms with E-state index in [4.69, 9.17) is 13.8 Å². The molecule has 2 unspecified atom stereocenters. The molecule has 0 spiro atoms. The topological polar surface area (TPSA) is 86.5 Å². The first-order chi connectivity index (χ1) is 18.8. The van der Waals surface area contributed by atoms with Crippen LogP contribution < -0.4 is 9.64 Å². The van der Waals surface area contributed by atoms with Crippen molar-refractivity contribution < 1.29 is 32.9 Å². The van der Waals surface area contributed by atoms with Crippen molar-refractivity contribution in [2.75, 3.05) is 40.5 Å². The van der Waals surface area contributed by atoms with Crippen LogP contribution in [0.1, 0.15) is 109 Å². The number of ether oxygens (including phenoxy) is 1. The van der Waals surface area contributed by atoms with E-state index in [1.807, 2.05) is 31.2 Å². The minimum absolute atomic E-state index is 0.00163. The molecule has 8 heteroatoms. The van der Waals surface area contributed by atoms with Crippen molar-refractivity contribution in [2.45, 2.75) is 110 Å². The summed E-state index contributed by atoms with van der Waals surface area (Å²) in [5.74, 6) is 0.758. The Bertz CT molecular complexity index is 786. The highest BCUT2D eigenvalue weighted by Crippen LogP contribution is 2.44. The lowest BCUT2D eigenvalue weighted by Crippen LogP contribution is -3.05. The second-order valence-electron chi connectivity index (χ2n) is 11.1. The Kier molecular flexibility index (Phi) is 20.6. The predicted octanol–water partition coefficient (Wildman–Crippen LogP) is 6.57. The number of ketones is 1. The van der Waals surface area contributed by atoms with Crippen LogP contribution in [0.5, 0.6) is 5.75 Å². The van der Waals surface area contributed by atoms with Crippen LogP contribution in [0.15, 0.2) is 24.3 Å². The van der Waals surface area contributed by atoms with E-state index in [0.29, 0.717) is 25.7 Å². The first kappa shape index (κ1) is 35.8. The van der Waals surface area contributed by atoms with Crippen LogP contribution in [0.2, 0.25) is 0 Å². The van der Waals surface area contributed by atoms with Gasteiger partial charge in [-0.1, -0.05) is 83.8 Å². The van der Waals surface area contributed by atoms with Crippen molar-refractivity contribution in [3.8, 4) is 5.75 Å². The molecule has 0 amide bonds. The quantitative estimate of drug-likeness (QED) is 0.0968. The van der Waals surface area contributed by atoms with Gasteiger partial charge in [-0.15, -0.1) is 0 Å². The van der Waals surface area contributed by atoms with Gasteiger partial charge >= 0.3 is 7.82 Å². The van der Waals surface area contributed by atoms with Crippen molar-refractivity contribution in [1.29, 1.82) is 0 Å². The van der Waals surface area contributed by atoms with E-state index in [2.05, 4.69) is 21.0 Å². The van der Waals surface area contributed by atoms with Crippen LogP contribution in [0.3, 0.4) is 0 Å². The number of benzene rings is 1. The van der Waals surface area contributed by atoms with Crippen LogP contribution >= 0.6 is 7.82 Å². The zero-order valence-corrected chi connectivity index (χ0v) is 26.2. The third-order valence-electron chi connectivity index (χ3n) is 6.92. The Labute approximate surface area is 238 Å². The van der Waals surface area contributed by atoms with Crippen molar-refractivity contribution in [3.05, 3.63) is 29.8 Å². The smallest absolute Gasteiger partial charge is 0.472 e. The average molecular weight is 571 g/mol. The molecule has 1 rings (SSSR count). The Hall–Kier alpha value is -1.24. The second-order valence-corrected chi connectivity index (χ2v) is 12.6. The summed E-state index contributed by atoms with van der Waals surface area (Å²) in [4.78, 5) is 23.5. The standard InChI is InChI=1S/C31H56NO6P/c1-5-7-8-9-10-11-12-13-14-16-23-36-31-20-18-28(19-21-31)25-29(26-30(33)6-2)27-38-39(34,35)37-24-17-15-22-32(3)4/h18-21,29H,5-17,22-27H2,1-4H3,(H,34,35)/p+1. The van der Waals surface area contributed by atoms with Gasteiger partial charge in [0.05, 0.1) is 40.5 Å². The van der Waals surface area contributed by atoms with Gasteiger partial charge in [0.2, 0.25) is 0 Å². The molecule has 0 radical (unpaired) electrons. The molecule has 0 aromatic heterocycles. The molecule has 0 aliphatic carbocycles. The number of hydrogen-bond acceptors (Lipinski definition) is 5. The van der Waals surface area contributed by atoms with Gasteiger partial charge in [0, 0.05) is 12.8 Å². The van der Waals surface area contributed by atoms with E-state index in [-0.39, 0.29) is 24.9 Å². The maximum atomic E-state index is 12.3. The molecule has 0 saturated heterocycles. The lowest BCUT2D eigenvalue weighted by molar-refractivity contribution is -0.858. The molecule has 0 bridgehead atoms. The molecule has 2 atom stereocenters. The molecule has 7 nitrogen and oxygen atoms in total. The summed E-state index contributed by atoms with van der Waals surface area (Å²) in [6.45, 7) is 5.96. The fourth-order valence-electron chi connectivity index (χ4n) is 4.49. The van der Waals surface area contributed by atoms with Crippen LogP contribution in [0.25, 0.3) is 0 Å². The summed E-state index contributed by atoms with van der Waals surface area (Å²) in [7, 11) is -0.00809. The molecular weight excluding hydrogens is 513 g/mol. The van der Waals surface area contributed by atoms with E-state index in [0.717, 1.165) is 37.3 Å². The number of nitrogens with one attached hydrogen (secondary N) is 1. The molecule has 0 saturated carbocycles. The minimum Gasteiger partial charge on any atom is -0.494 e. The van der Waals surface area contributed by atoms with E-state index in [1.165, 1.54) is 62.7 Å². The summed E-state index contributed by atoms with van der Waals surface area (Å²) >= 11 is 0. The summed E-state index contributed by atoms with van der Waals surface area (Å²) < 4.78 is 28.7. The van der Waals surface area contributed by atoms with Crippen LogP contribution in [0, 0.1) is 5.92 Å². The summed E-state index contributed by atoms with van der Waals surface area (Å²) in [6, 6.07) is 7.92. The highest BCUT2D eigenvalue weighted by Gasteiger charge is 2.24. The van der Waals surface area contributed by atoms with Gasteiger partial charge in [-0.3, -0.25) is 13.8 Å². The van der Waals surface area contributed by atoms with Crippen LogP contribution in [-0.2, 0) is 24.8 Å². The number of carbonyl (C=O) groups is 1. The van der Waals surface area contributed by atoms with Gasteiger partial charge in [0.1, 0.15) is 11.5 Å². The summed E-state index contributed by atoms with van der Waals surface area (Å²) in [5, 5.41) is 0. The second kappa shape index (κ2) is 22.4. The molecule has 0 fully saturated rings. The van der Waals surface area contributed by atoms with Crippen molar-refractivity contribution in [1.82, 2.24) is 0 Å². The van der Waals surface area contributed by atoms with E-state index in [1.54, 1.807) is 0 Å². The lowest BCUT2D eigenvalue weighted by Gasteiger charge is -2.19. The fourth-order valence-corrected chi connectivity index (χ4v) is 5.32. The zero-order chi connectivity index (χ0) is 28.8. The summed E-state index contributed by atoms with van der Waals surface area (Å²) in [5.41, 5.74) is 1.04. The molecule has 1 aromatic carbocycles. The van der Waals surface area contributed by atoms with Crippen molar-refractivity contribution in [3.63, 3.8) is 0 Å². The Balaban J connectivity index is 2.36. The molecule has 226 valence electrons. The number of hydrogen-bond donors (Lipinski definition) is 2. The largest absolute Gasteiger partial charge is 0.494 e. The number of phosphoric ester groups is 1. The number of phosphoric acid groups is 1. The Morgan fingerprint density at radius 2 is 1.44 bits per heavy atom. The zero-order valence-electron chi connectivity index (χ0n) is 25.3. The Morgan fingerprint density at radius 3 is 2.03 bits per heavy atom. The van der Waals surface area contributed by atoms with Gasteiger partial charge in [-0.25, -0.2) is 4.57 Å². The van der Waals surface area contributed by atoms with Crippen LogP contribution in [-0.4, -0.2) is 51.1 Å². The van der Waals surface area contributed by atoms with Gasteiger partial charge in [-0.2, -0.15) is 0 Å². The van der Waals surface area contributed by atoms with Crippen molar-refractivity contribution in [2.24, 2.45) is 5.92 Å². The molecule has 1 aromatic rings. The van der Waals surface area contributed by atoms with E-state index in [9.17, 15) is 14.3 Å². The fraction of sp³-hybridized carbons (Fsp3) is 0.774. The first-order valence-electron chi connectivity index (χ1n) is 15.4. The highest BCUT2D eigenvalue weighted by molar-refractivity contribution is 7.47. The normalized spacial score (nSPS) is 13.9.